The third-order valence-corrected chi connectivity index (χ3v) is 5.56. The van der Waals surface area contributed by atoms with Gasteiger partial charge < -0.3 is 14.8 Å². The molecule has 25 heavy (non-hydrogen) atoms. The number of methoxy groups -OCH3 is 1. The maximum atomic E-state index is 12.5. The molecule has 0 radical (unpaired) electrons. The lowest BCUT2D eigenvalue weighted by Crippen LogP contribution is -2.47. The Labute approximate surface area is 144 Å². The number of ether oxygens (including phenoxy) is 2. The van der Waals surface area contributed by atoms with Crippen LogP contribution in [0.4, 0.5) is 13.2 Å². The molecule has 1 aromatic carbocycles. The van der Waals surface area contributed by atoms with Crippen molar-refractivity contribution in [2.75, 3.05) is 33.4 Å². The molecular formula is C15H21F3N2O4S. The maximum Gasteiger partial charge on any atom is 0.573 e. The van der Waals surface area contributed by atoms with Crippen molar-refractivity contribution in [3.8, 4) is 5.75 Å². The zero-order valence-corrected chi connectivity index (χ0v) is 14.5. The Balaban J connectivity index is 2.19. The van der Waals surface area contributed by atoms with Gasteiger partial charge in [-0.3, -0.25) is 0 Å². The van der Waals surface area contributed by atoms with Crippen molar-refractivity contribution in [2.24, 2.45) is 5.41 Å². The summed E-state index contributed by atoms with van der Waals surface area (Å²) in [4.78, 5) is -0.547. The molecule has 2 rings (SSSR count). The van der Waals surface area contributed by atoms with Crippen molar-refractivity contribution in [3.63, 3.8) is 0 Å². The van der Waals surface area contributed by atoms with E-state index in [2.05, 4.69) is 14.8 Å². The van der Waals surface area contributed by atoms with Crippen LogP contribution in [-0.4, -0.2) is 48.1 Å². The Morgan fingerprint density at radius 3 is 2.48 bits per heavy atom. The summed E-state index contributed by atoms with van der Waals surface area (Å²) < 4.78 is 73.9. The quantitative estimate of drug-likeness (QED) is 0.753. The summed E-state index contributed by atoms with van der Waals surface area (Å²) >= 11 is 0. The number of alkyl halides is 3. The van der Waals surface area contributed by atoms with Gasteiger partial charge >= 0.3 is 6.36 Å². The number of hydrogen-bond acceptors (Lipinski definition) is 5. The molecule has 1 aliphatic rings. The van der Waals surface area contributed by atoms with Crippen LogP contribution in [0.5, 0.6) is 5.75 Å². The highest BCUT2D eigenvalue weighted by Crippen LogP contribution is 2.31. The summed E-state index contributed by atoms with van der Waals surface area (Å²) in [7, 11) is -2.64. The molecule has 0 saturated carbocycles. The van der Waals surface area contributed by atoms with Gasteiger partial charge in [0.25, 0.3) is 0 Å². The number of hydrogen-bond donors (Lipinski definition) is 2. The molecule has 0 aliphatic carbocycles. The van der Waals surface area contributed by atoms with Crippen molar-refractivity contribution >= 4 is 10.0 Å². The predicted molar refractivity (Wildman–Crippen MR) is 84.7 cm³/mol. The van der Waals surface area contributed by atoms with Crippen LogP contribution in [0.25, 0.3) is 0 Å². The molecule has 1 aliphatic heterocycles. The van der Waals surface area contributed by atoms with E-state index in [1.807, 2.05) is 0 Å². The Morgan fingerprint density at radius 1 is 1.24 bits per heavy atom. The number of sulfonamides is 1. The molecule has 1 fully saturated rings. The third-order valence-electron chi connectivity index (χ3n) is 4.12. The molecule has 0 spiro atoms. The van der Waals surface area contributed by atoms with Gasteiger partial charge in [-0.15, -0.1) is 13.2 Å². The van der Waals surface area contributed by atoms with Gasteiger partial charge in [0.1, 0.15) is 10.6 Å². The first kappa shape index (κ1) is 20.0. The maximum absolute atomic E-state index is 12.5. The van der Waals surface area contributed by atoms with Gasteiger partial charge in [-0.05, 0) is 38.1 Å². The summed E-state index contributed by atoms with van der Waals surface area (Å²) in [5.74, 6) is -0.756. The minimum absolute atomic E-state index is 0.0746. The molecule has 0 aromatic heterocycles. The first-order valence-corrected chi connectivity index (χ1v) is 9.20. The second-order valence-electron chi connectivity index (χ2n) is 6.00. The fraction of sp³-hybridized carbons (Fsp3) is 0.600. The van der Waals surface area contributed by atoms with Gasteiger partial charge in [-0.2, -0.15) is 0 Å². The van der Waals surface area contributed by atoms with E-state index in [4.69, 9.17) is 4.74 Å². The number of rotatable bonds is 7. The SMILES string of the molecule is COCC1(CNS(=O)(=O)c2ccccc2OC(F)(F)F)CCNCC1. The highest BCUT2D eigenvalue weighted by atomic mass is 32.2. The van der Waals surface area contributed by atoms with Crippen molar-refractivity contribution in [2.45, 2.75) is 24.1 Å². The van der Waals surface area contributed by atoms with Crippen LogP contribution in [0.1, 0.15) is 12.8 Å². The van der Waals surface area contributed by atoms with Crippen LogP contribution in [0.2, 0.25) is 0 Å². The van der Waals surface area contributed by atoms with E-state index in [1.54, 1.807) is 0 Å². The van der Waals surface area contributed by atoms with Crippen LogP contribution in [-0.2, 0) is 14.8 Å². The van der Waals surface area contributed by atoms with E-state index in [-0.39, 0.29) is 6.54 Å². The van der Waals surface area contributed by atoms with Crippen LogP contribution >= 0.6 is 0 Å². The van der Waals surface area contributed by atoms with Crippen molar-refractivity contribution in [1.82, 2.24) is 10.0 Å². The van der Waals surface area contributed by atoms with E-state index in [9.17, 15) is 21.6 Å². The molecule has 0 bridgehead atoms. The van der Waals surface area contributed by atoms with Gasteiger partial charge in [0, 0.05) is 19.1 Å². The third kappa shape index (κ3) is 5.56. The number of piperidine rings is 1. The highest BCUT2D eigenvalue weighted by Gasteiger charge is 2.36. The van der Waals surface area contributed by atoms with Crippen LogP contribution in [0.3, 0.4) is 0 Å². The normalized spacial score (nSPS) is 18.1. The van der Waals surface area contributed by atoms with Crippen LogP contribution in [0.15, 0.2) is 29.2 Å². The molecule has 1 saturated heterocycles. The summed E-state index contributed by atoms with van der Waals surface area (Å²) in [6.07, 6.45) is -3.58. The first-order valence-electron chi connectivity index (χ1n) is 7.72. The van der Waals surface area contributed by atoms with Gasteiger partial charge in [-0.1, -0.05) is 12.1 Å². The van der Waals surface area contributed by atoms with Gasteiger partial charge in [0.2, 0.25) is 10.0 Å². The molecule has 142 valence electrons. The second kappa shape index (κ2) is 7.90. The van der Waals surface area contributed by atoms with E-state index in [0.29, 0.717) is 19.4 Å². The lowest BCUT2D eigenvalue weighted by molar-refractivity contribution is -0.275. The molecule has 1 aromatic rings. The fourth-order valence-electron chi connectivity index (χ4n) is 2.84. The number of nitrogens with one attached hydrogen (secondary N) is 2. The standard InChI is InChI=1S/C15H21F3N2O4S/c1-23-11-14(6-8-19-9-7-14)10-20-25(21,22)13-5-3-2-4-12(13)24-15(16,17)18/h2-5,19-20H,6-11H2,1H3. The lowest BCUT2D eigenvalue weighted by Gasteiger charge is -2.37. The predicted octanol–water partition coefficient (Wildman–Crippen LogP) is 1.88. The Hall–Kier alpha value is -1.36. The van der Waals surface area contributed by atoms with E-state index >= 15 is 0 Å². The summed E-state index contributed by atoms with van der Waals surface area (Å²) in [6, 6.07) is 4.67. The topological polar surface area (TPSA) is 76.7 Å². The van der Waals surface area contributed by atoms with Gasteiger partial charge in [0.15, 0.2) is 0 Å². The average Bonchev–Trinajstić information content (AvgIpc) is 2.53. The molecule has 0 atom stereocenters. The summed E-state index contributed by atoms with van der Waals surface area (Å²) in [6.45, 7) is 1.88. The Kier molecular flexibility index (Phi) is 6.30. The number of halogens is 3. The average molecular weight is 382 g/mol. The molecule has 2 N–H and O–H groups in total. The molecule has 1 heterocycles. The zero-order valence-electron chi connectivity index (χ0n) is 13.7. The fourth-order valence-corrected chi connectivity index (χ4v) is 4.13. The number of para-hydroxylation sites is 1. The van der Waals surface area contributed by atoms with E-state index in [1.165, 1.54) is 19.2 Å². The smallest absolute Gasteiger partial charge is 0.404 e. The van der Waals surface area contributed by atoms with Crippen molar-refractivity contribution in [3.05, 3.63) is 24.3 Å². The molecular weight excluding hydrogens is 361 g/mol. The minimum atomic E-state index is -4.97. The summed E-state index contributed by atoms with van der Waals surface area (Å²) in [5, 5.41) is 3.18. The van der Waals surface area contributed by atoms with E-state index < -0.39 is 32.4 Å². The lowest BCUT2D eigenvalue weighted by atomic mass is 9.80. The second-order valence-corrected chi connectivity index (χ2v) is 7.74. The Morgan fingerprint density at radius 2 is 1.88 bits per heavy atom. The molecule has 0 amide bonds. The molecule has 10 heteroatoms. The molecule has 6 nitrogen and oxygen atoms in total. The van der Waals surface area contributed by atoms with Gasteiger partial charge in [-0.25, -0.2) is 13.1 Å². The highest BCUT2D eigenvalue weighted by molar-refractivity contribution is 7.89. The van der Waals surface area contributed by atoms with Crippen LogP contribution in [0, 0.1) is 5.41 Å². The molecule has 0 unspecified atom stereocenters. The van der Waals surface area contributed by atoms with Gasteiger partial charge in [0.05, 0.1) is 6.61 Å². The Bertz CT molecular complexity index is 668. The zero-order chi connectivity index (χ0) is 18.6. The van der Waals surface area contributed by atoms with Crippen LogP contribution < -0.4 is 14.8 Å². The van der Waals surface area contributed by atoms with E-state index in [0.717, 1.165) is 25.2 Å². The summed E-state index contributed by atoms with van der Waals surface area (Å²) in [5.41, 5.74) is -0.396. The minimum Gasteiger partial charge on any atom is -0.404 e. The van der Waals surface area contributed by atoms with Crippen molar-refractivity contribution in [1.29, 1.82) is 0 Å². The first-order chi connectivity index (χ1) is 11.7. The number of benzene rings is 1. The van der Waals surface area contributed by atoms with Crippen molar-refractivity contribution < 1.29 is 31.1 Å². The largest absolute Gasteiger partial charge is 0.573 e. The monoisotopic (exact) mass is 382 g/mol.